The molecule has 1 aromatic rings. The number of rotatable bonds is 8. The molecule has 0 aliphatic rings. The van der Waals surface area contributed by atoms with Crippen LogP contribution in [-0.2, 0) is 13.1 Å². The molecule has 1 atom stereocenters. The van der Waals surface area contributed by atoms with Crippen LogP contribution in [0.3, 0.4) is 0 Å². The fourth-order valence-electron chi connectivity index (χ4n) is 2.15. The van der Waals surface area contributed by atoms with Crippen LogP contribution in [0.25, 0.3) is 0 Å². The first-order chi connectivity index (χ1) is 8.92. The Morgan fingerprint density at radius 2 is 2.00 bits per heavy atom. The van der Waals surface area contributed by atoms with E-state index in [2.05, 4.69) is 57.9 Å². The number of nitrogens with one attached hydrogen (secondary N) is 1. The van der Waals surface area contributed by atoms with Gasteiger partial charge in [0, 0.05) is 24.7 Å². The molecule has 0 fully saturated rings. The number of hydrogen-bond donors (Lipinski definition) is 1. The molecule has 110 valence electrons. The number of hydrogen-bond acceptors (Lipinski definition) is 3. The van der Waals surface area contributed by atoms with Crippen molar-refractivity contribution in [1.29, 1.82) is 0 Å². The van der Waals surface area contributed by atoms with Crippen LogP contribution in [0.1, 0.15) is 51.2 Å². The zero-order chi connectivity index (χ0) is 14.4. The summed E-state index contributed by atoms with van der Waals surface area (Å²) in [6, 6.07) is 2.70. The lowest BCUT2D eigenvalue weighted by molar-refractivity contribution is 0.253. The molecule has 0 bridgehead atoms. The molecule has 0 aliphatic heterocycles. The van der Waals surface area contributed by atoms with Crippen molar-refractivity contribution in [3.05, 3.63) is 23.2 Å². The number of furan rings is 1. The van der Waals surface area contributed by atoms with E-state index in [0.717, 1.165) is 37.1 Å². The molecule has 1 aromatic heterocycles. The average molecular weight is 266 g/mol. The topological polar surface area (TPSA) is 28.4 Å². The van der Waals surface area contributed by atoms with E-state index in [0.29, 0.717) is 6.04 Å². The second-order valence-corrected chi connectivity index (χ2v) is 6.04. The molecular weight excluding hydrogens is 236 g/mol. The van der Waals surface area contributed by atoms with Gasteiger partial charge in [0.1, 0.15) is 11.5 Å². The molecule has 3 nitrogen and oxygen atoms in total. The molecule has 0 aliphatic carbocycles. The van der Waals surface area contributed by atoms with Gasteiger partial charge in [-0.1, -0.05) is 34.1 Å². The zero-order valence-corrected chi connectivity index (χ0v) is 13.4. The summed E-state index contributed by atoms with van der Waals surface area (Å²) in [4.78, 5) is 2.34. The second kappa shape index (κ2) is 7.71. The Hall–Kier alpha value is -0.800. The number of aryl methyl sites for hydroxylation is 1. The molecule has 1 rings (SSSR count). The molecule has 0 radical (unpaired) electrons. The van der Waals surface area contributed by atoms with E-state index >= 15 is 0 Å². The largest absolute Gasteiger partial charge is 0.465 e. The SMILES string of the molecule is CCC(C)CN(C)Cc1cc(CNC(C)C)c(C)o1. The van der Waals surface area contributed by atoms with E-state index in [1.807, 2.05) is 0 Å². The van der Waals surface area contributed by atoms with Crippen LogP contribution >= 0.6 is 0 Å². The second-order valence-electron chi connectivity index (χ2n) is 6.04. The van der Waals surface area contributed by atoms with Gasteiger partial charge in [0.15, 0.2) is 0 Å². The highest BCUT2D eigenvalue weighted by Crippen LogP contribution is 2.16. The Morgan fingerprint density at radius 3 is 2.58 bits per heavy atom. The lowest BCUT2D eigenvalue weighted by Crippen LogP contribution is -2.23. The smallest absolute Gasteiger partial charge is 0.118 e. The quantitative estimate of drug-likeness (QED) is 0.780. The van der Waals surface area contributed by atoms with Crippen molar-refractivity contribution in [2.45, 2.75) is 60.2 Å². The van der Waals surface area contributed by atoms with E-state index < -0.39 is 0 Å². The summed E-state index contributed by atoms with van der Waals surface area (Å²) in [6.07, 6.45) is 1.23. The molecule has 0 spiro atoms. The van der Waals surface area contributed by atoms with Crippen molar-refractivity contribution < 1.29 is 4.42 Å². The third kappa shape index (κ3) is 5.79. The maximum atomic E-state index is 5.85. The highest BCUT2D eigenvalue weighted by molar-refractivity contribution is 5.20. The van der Waals surface area contributed by atoms with Crippen molar-refractivity contribution in [3.63, 3.8) is 0 Å². The highest BCUT2D eigenvalue weighted by atomic mass is 16.3. The lowest BCUT2D eigenvalue weighted by atomic mass is 10.1. The minimum Gasteiger partial charge on any atom is -0.465 e. The van der Waals surface area contributed by atoms with Gasteiger partial charge in [-0.15, -0.1) is 0 Å². The standard InChI is InChI=1S/C16H30N2O/c1-7-13(4)10-18(6)11-16-8-15(14(5)19-16)9-17-12(2)3/h8,12-13,17H,7,9-11H2,1-6H3. The van der Waals surface area contributed by atoms with Crippen LogP contribution in [-0.4, -0.2) is 24.5 Å². The van der Waals surface area contributed by atoms with E-state index in [4.69, 9.17) is 4.42 Å². The Labute approximate surface area is 118 Å². The normalized spacial score (nSPS) is 13.5. The highest BCUT2D eigenvalue weighted by Gasteiger charge is 2.11. The monoisotopic (exact) mass is 266 g/mol. The Balaban J connectivity index is 2.53. The van der Waals surface area contributed by atoms with E-state index in [1.165, 1.54) is 12.0 Å². The van der Waals surface area contributed by atoms with Crippen LogP contribution in [0.15, 0.2) is 10.5 Å². The minimum absolute atomic E-state index is 0.505. The summed E-state index contributed by atoms with van der Waals surface area (Å²) in [5, 5.41) is 3.44. The van der Waals surface area contributed by atoms with Gasteiger partial charge in [-0.3, -0.25) is 4.90 Å². The van der Waals surface area contributed by atoms with Crippen LogP contribution in [0, 0.1) is 12.8 Å². The molecule has 3 heteroatoms. The summed E-state index contributed by atoms with van der Waals surface area (Å²) in [7, 11) is 2.16. The molecule has 0 saturated heterocycles. The lowest BCUT2D eigenvalue weighted by Gasteiger charge is -2.18. The average Bonchev–Trinajstić information content (AvgIpc) is 2.66. The summed E-state index contributed by atoms with van der Waals surface area (Å²) in [6.45, 7) is 13.8. The zero-order valence-electron chi connectivity index (χ0n) is 13.4. The van der Waals surface area contributed by atoms with Gasteiger partial charge in [0.2, 0.25) is 0 Å². The third-order valence-corrected chi connectivity index (χ3v) is 3.52. The summed E-state index contributed by atoms with van der Waals surface area (Å²) in [5.74, 6) is 2.85. The van der Waals surface area contributed by atoms with Gasteiger partial charge in [0.25, 0.3) is 0 Å². The predicted octanol–water partition coefficient (Wildman–Crippen LogP) is 3.56. The molecule has 0 aromatic carbocycles. The molecule has 1 unspecified atom stereocenters. The van der Waals surface area contributed by atoms with E-state index in [1.54, 1.807) is 0 Å². The van der Waals surface area contributed by atoms with Crippen molar-refractivity contribution >= 4 is 0 Å². The predicted molar refractivity (Wildman–Crippen MR) is 81.2 cm³/mol. The van der Waals surface area contributed by atoms with Crippen molar-refractivity contribution in [2.75, 3.05) is 13.6 Å². The van der Waals surface area contributed by atoms with Crippen molar-refractivity contribution in [2.24, 2.45) is 5.92 Å². The summed E-state index contributed by atoms with van der Waals surface area (Å²) < 4.78 is 5.85. The molecule has 19 heavy (non-hydrogen) atoms. The van der Waals surface area contributed by atoms with Gasteiger partial charge in [0.05, 0.1) is 6.54 Å². The van der Waals surface area contributed by atoms with E-state index in [9.17, 15) is 0 Å². The van der Waals surface area contributed by atoms with Gasteiger partial charge < -0.3 is 9.73 Å². The van der Waals surface area contributed by atoms with Crippen LogP contribution < -0.4 is 5.32 Å². The molecule has 1 N–H and O–H groups in total. The van der Waals surface area contributed by atoms with Gasteiger partial charge in [-0.25, -0.2) is 0 Å². The Bertz CT molecular complexity index is 371. The summed E-state index contributed by atoms with van der Waals surface area (Å²) >= 11 is 0. The Kier molecular flexibility index (Phi) is 6.59. The minimum atomic E-state index is 0.505. The maximum absolute atomic E-state index is 5.85. The van der Waals surface area contributed by atoms with Crippen LogP contribution in [0.5, 0.6) is 0 Å². The molecule has 0 amide bonds. The third-order valence-electron chi connectivity index (χ3n) is 3.52. The van der Waals surface area contributed by atoms with E-state index in [-0.39, 0.29) is 0 Å². The first-order valence-corrected chi connectivity index (χ1v) is 7.42. The Morgan fingerprint density at radius 1 is 1.32 bits per heavy atom. The molecule has 1 heterocycles. The van der Waals surface area contributed by atoms with Crippen LogP contribution in [0.2, 0.25) is 0 Å². The first kappa shape index (κ1) is 16.3. The molecular formula is C16H30N2O. The summed E-state index contributed by atoms with van der Waals surface area (Å²) in [5.41, 5.74) is 1.28. The van der Waals surface area contributed by atoms with Gasteiger partial charge >= 0.3 is 0 Å². The van der Waals surface area contributed by atoms with Crippen LogP contribution in [0.4, 0.5) is 0 Å². The van der Waals surface area contributed by atoms with Crippen molar-refractivity contribution in [1.82, 2.24) is 10.2 Å². The fourth-order valence-corrected chi connectivity index (χ4v) is 2.15. The molecule has 0 saturated carbocycles. The van der Waals surface area contributed by atoms with Gasteiger partial charge in [-0.05, 0) is 26.0 Å². The maximum Gasteiger partial charge on any atom is 0.118 e. The fraction of sp³-hybridized carbons (Fsp3) is 0.750. The van der Waals surface area contributed by atoms with Gasteiger partial charge in [-0.2, -0.15) is 0 Å². The number of nitrogens with zero attached hydrogens (tertiary/aromatic N) is 1. The first-order valence-electron chi connectivity index (χ1n) is 7.42. The van der Waals surface area contributed by atoms with Crippen molar-refractivity contribution in [3.8, 4) is 0 Å².